The van der Waals surface area contributed by atoms with Crippen LogP contribution >= 0.6 is 0 Å². The molecule has 0 unspecified atom stereocenters. The maximum atomic E-state index is 13.5. The predicted molar refractivity (Wildman–Crippen MR) is 122 cm³/mol. The van der Waals surface area contributed by atoms with E-state index in [2.05, 4.69) is 0 Å². The number of rotatable bonds is 6. The molecule has 0 atom stereocenters. The summed E-state index contributed by atoms with van der Waals surface area (Å²) in [5.41, 5.74) is 3.17. The number of carbonyl (C=O) groups is 1. The van der Waals surface area contributed by atoms with E-state index in [-0.39, 0.29) is 17.6 Å². The standard InChI is InChI=1S/C25H31FN2O3S/c1-2-27(18-19-6-5-9-23(26)16-19)25(29)21-12-14-28(15-13-21)32(30,31)24-11-10-20-7-3-4-8-22(20)17-24/h5-6,9-11,16-17,21H,2-4,7-8,12-15,18H2,1H3. The summed E-state index contributed by atoms with van der Waals surface area (Å²) in [7, 11) is -3.56. The van der Waals surface area contributed by atoms with Crippen molar-refractivity contribution in [2.24, 2.45) is 5.92 Å². The second-order valence-electron chi connectivity index (χ2n) is 8.80. The predicted octanol–water partition coefficient (Wildman–Crippen LogP) is 4.15. The Labute approximate surface area is 190 Å². The highest BCUT2D eigenvalue weighted by molar-refractivity contribution is 7.89. The summed E-state index contributed by atoms with van der Waals surface area (Å²) in [5, 5.41) is 0. The van der Waals surface area contributed by atoms with E-state index in [1.165, 1.54) is 22.0 Å². The van der Waals surface area contributed by atoms with Gasteiger partial charge in [0.2, 0.25) is 15.9 Å². The monoisotopic (exact) mass is 458 g/mol. The molecule has 2 aliphatic rings. The van der Waals surface area contributed by atoms with Crippen LogP contribution < -0.4 is 0 Å². The molecule has 0 bridgehead atoms. The van der Waals surface area contributed by atoms with Crippen molar-refractivity contribution in [2.75, 3.05) is 19.6 Å². The Kier molecular flexibility index (Phi) is 6.96. The lowest BCUT2D eigenvalue weighted by molar-refractivity contribution is -0.137. The van der Waals surface area contributed by atoms with E-state index in [1.807, 2.05) is 25.1 Å². The smallest absolute Gasteiger partial charge is 0.243 e. The van der Waals surface area contributed by atoms with E-state index >= 15 is 0 Å². The molecular weight excluding hydrogens is 427 g/mol. The molecule has 2 aromatic carbocycles. The molecule has 5 nitrogen and oxygen atoms in total. The molecule has 1 aliphatic heterocycles. The molecule has 1 amide bonds. The number of amides is 1. The first-order valence-electron chi connectivity index (χ1n) is 11.5. The number of carbonyl (C=O) groups excluding carboxylic acids is 1. The molecule has 0 spiro atoms. The highest BCUT2D eigenvalue weighted by Crippen LogP contribution is 2.29. The van der Waals surface area contributed by atoms with Gasteiger partial charge in [0, 0.05) is 32.1 Å². The number of aryl methyl sites for hydroxylation is 2. The Morgan fingerprint density at radius 2 is 1.78 bits per heavy atom. The van der Waals surface area contributed by atoms with Crippen LogP contribution in [0.3, 0.4) is 0 Å². The number of hydrogen-bond acceptors (Lipinski definition) is 3. The first-order valence-corrected chi connectivity index (χ1v) is 13.0. The highest BCUT2D eigenvalue weighted by atomic mass is 32.2. The zero-order valence-corrected chi connectivity index (χ0v) is 19.4. The highest BCUT2D eigenvalue weighted by Gasteiger charge is 2.34. The normalized spacial score (nSPS) is 17.7. The molecule has 0 aromatic heterocycles. The van der Waals surface area contributed by atoms with E-state index < -0.39 is 10.0 Å². The second kappa shape index (κ2) is 9.71. The van der Waals surface area contributed by atoms with Crippen molar-refractivity contribution in [3.63, 3.8) is 0 Å². The lowest BCUT2D eigenvalue weighted by atomic mass is 9.92. The van der Waals surface area contributed by atoms with Gasteiger partial charge in [0.25, 0.3) is 0 Å². The number of hydrogen-bond donors (Lipinski definition) is 0. The van der Waals surface area contributed by atoms with Gasteiger partial charge in [0.1, 0.15) is 5.82 Å². The maximum Gasteiger partial charge on any atom is 0.243 e. The number of benzene rings is 2. The molecule has 0 saturated carbocycles. The van der Waals surface area contributed by atoms with Crippen LogP contribution in [0.2, 0.25) is 0 Å². The molecule has 1 saturated heterocycles. The molecular formula is C25H31FN2O3S. The average Bonchev–Trinajstić information content (AvgIpc) is 2.82. The fraction of sp³-hybridized carbons (Fsp3) is 0.480. The van der Waals surface area contributed by atoms with Crippen LogP contribution in [0.4, 0.5) is 4.39 Å². The molecule has 1 heterocycles. The third-order valence-corrected chi connectivity index (χ3v) is 8.61. The molecule has 4 rings (SSSR count). The average molecular weight is 459 g/mol. The summed E-state index contributed by atoms with van der Waals surface area (Å²) in [5.74, 6) is -0.507. The molecule has 2 aromatic rings. The molecule has 0 radical (unpaired) electrons. The summed E-state index contributed by atoms with van der Waals surface area (Å²) in [6.07, 6.45) is 5.23. The van der Waals surface area contributed by atoms with Crippen LogP contribution in [0.5, 0.6) is 0 Å². The van der Waals surface area contributed by atoms with Gasteiger partial charge in [0.05, 0.1) is 4.90 Å². The summed E-state index contributed by atoms with van der Waals surface area (Å²) < 4.78 is 41.4. The van der Waals surface area contributed by atoms with Crippen molar-refractivity contribution in [3.05, 3.63) is 65.0 Å². The lowest BCUT2D eigenvalue weighted by Gasteiger charge is -2.33. The van der Waals surface area contributed by atoms with Crippen molar-refractivity contribution in [2.45, 2.75) is 56.9 Å². The molecule has 1 fully saturated rings. The summed E-state index contributed by atoms with van der Waals surface area (Å²) in [6, 6.07) is 11.8. The van der Waals surface area contributed by atoms with Crippen molar-refractivity contribution >= 4 is 15.9 Å². The van der Waals surface area contributed by atoms with Crippen LogP contribution in [0.25, 0.3) is 0 Å². The van der Waals surface area contributed by atoms with Gasteiger partial charge in [-0.15, -0.1) is 0 Å². The van der Waals surface area contributed by atoms with Gasteiger partial charge in [-0.25, -0.2) is 12.8 Å². The van der Waals surface area contributed by atoms with Gasteiger partial charge in [-0.3, -0.25) is 4.79 Å². The lowest BCUT2D eigenvalue weighted by Crippen LogP contribution is -2.44. The maximum absolute atomic E-state index is 13.5. The Morgan fingerprint density at radius 1 is 1.06 bits per heavy atom. The van der Waals surface area contributed by atoms with E-state index in [0.29, 0.717) is 43.9 Å². The minimum Gasteiger partial charge on any atom is -0.338 e. The third-order valence-electron chi connectivity index (χ3n) is 6.72. The second-order valence-corrected chi connectivity index (χ2v) is 10.7. The largest absolute Gasteiger partial charge is 0.338 e. The van der Waals surface area contributed by atoms with Crippen LogP contribution in [-0.2, 0) is 34.2 Å². The van der Waals surface area contributed by atoms with Crippen molar-refractivity contribution < 1.29 is 17.6 Å². The van der Waals surface area contributed by atoms with Gasteiger partial charge in [0.15, 0.2) is 0 Å². The van der Waals surface area contributed by atoms with E-state index in [1.54, 1.807) is 17.0 Å². The van der Waals surface area contributed by atoms with E-state index in [0.717, 1.165) is 36.8 Å². The fourth-order valence-corrected chi connectivity index (χ4v) is 6.34. The van der Waals surface area contributed by atoms with E-state index in [4.69, 9.17) is 0 Å². The van der Waals surface area contributed by atoms with Crippen LogP contribution in [-0.4, -0.2) is 43.2 Å². The van der Waals surface area contributed by atoms with Gasteiger partial charge in [-0.1, -0.05) is 18.2 Å². The fourth-order valence-electron chi connectivity index (χ4n) is 4.82. The van der Waals surface area contributed by atoms with Crippen LogP contribution in [0.15, 0.2) is 47.4 Å². The Hall–Kier alpha value is -2.25. The molecule has 1 aliphatic carbocycles. The van der Waals surface area contributed by atoms with Gasteiger partial charge in [-0.05, 0) is 86.4 Å². The van der Waals surface area contributed by atoms with Crippen LogP contribution in [0.1, 0.15) is 49.3 Å². The molecule has 32 heavy (non-hydrogen) atoms. The minimum atomic E-state index is -3.56. The Morgan fingerprint density at radius 3 is 2.47 bits per heavy atom. The van der Waals surface area contributed by atoms with E-state index in [9.17, 15) is 17.6 Å². The molecule has 0 N–H and O–H groups in total. The zero-order chi connectivity index (χ0) is 22.7. The topological polar surface area (TPSA) is 57.7 Å². The number of fused-ring (bicyclic) bond motifs is 1. The quantitative estimate of drug-likeness (QED) is 0.653. The molecule has 7 heteroatoms. The van der Waals surface area contributed by atoms with Gasteiger partial charge < -0.3 is 4.90 Å². The summed E-state index contributed by atoms with van der Waals surface area (Å²) in [6.45, 7) is 3.48. The van der Waals surface area contributed by atoms with Crippen LogP contribution in [0, 0.1) is 11.7 Å². The number of sulfonamides is 1. The SMILES string of the molecule is CCN(Cc1cccc(F)c1)C(=O)C1CCN(S(=O)(=O)c2ccc3c(c2)CCCC3)CC1. The first-order chi connectivity index (χ1) is 15.4. The van der Waals surface area contributed by atoms with Gasteiger partial charge in [-0.2, -0.15) is 4.31 Å². The van der Waals surface area contributed by atoms with Crippen molar-refractivity contribution in [1.29, 1.82) is 0 Å². The summed E-state index contributed by atoms with van der Waals surface area (Å²) >= 11 is 0. The number of piperidine rings is 1. The number of nitrogens with zero attached hydrogens (tertiary/aromatic N) is 2. The van der Waals surface area contributed by atoms with Gasteiger partial charge >= 0.3 is 0 Å². The number of halogens is 1. The first kappa shape index (κ1) is 22.9. The van der Waals surface area contributed by atoms with Crippen molar-refractivity contribution in [3.8, 4) is 0 Å². The molecule has 172 valence electrons. The van der Waals surface area contributed by atoms with Crippen molar-refractivity contribution in [1.82, 2.24) is 9.21 Å². The Balaban J connectivity index is 1.40. The third kappa shape index (κ3) is 4.89. The summed E-state index contributed by atoms with van der Waals surface area (Å²) in [4.78, 5) is 15.2. The minimum absolute atomic E-state index is 0.0163. The zero-order valence-electron chi connectivity index (χ0n) is 18.6. The Bertz CT molecular complexity index is 1080.